The van der Waals surface area contributed by atoms with E-state index in [2.05, 4.69) is 9.88 Å². The van der Waals surface area contributed by atoms with Crippen molar-refractivity contribution in [3.05, 3.63) is 62.1 Å². The van der Waals surface area contributed by atoms with E-state index in [9.17, 15) is 24.8 Å². The molecule has 1 aromatic carbocycles. The lowest BCUT2D eigenvalue weighted by Gasteiger charge is -2.36. The summed E-state index contributed by atoms with van der Waals surface area (Å²) in [5.74, 6) is -1.32. The number of pyridine rings is 1. The average Bonchev–Trinajstić information content (AvgIpc) is 3.60. The van der Waals surface area contributed by atoms with Crippen molar-refractivity contribution in [3.63, 3.8) is 0 Å². The highest BCUT2D eigenvalue weighted by molar-refractivity contribution is 5.93. The Bertz CT molecular complexity index is 1390. The third-order valence-electron chi connectivity index (χ3n) is 6.85. The van der Waals surface area contributed by atoms with Crippen LogP contribution in [0.1, 0.15) is 35.1 Å². The largest absolute Gasteiger partial charge is 0.477 e. The number of hydrogen-bond donors (Lipinski definition) is 1. The number of aromatic nitrogens is 3. The van der Waals surface area contributed by atoms with Crippen LogP contribution in [0.4, 0.5) is 15.9 Å². The van der Waals surface area contributed by atoms with Crippen LogP contribution in [0.15, 0.2) is 29.3 Å². The fraction of sp³-hybridized carbons (Fsp3) is 0.435. The van der Waals surface area contributed by atoms with Gasteiger partial charge in [-0.2, -0.15) is 0 Å². The molecule has 11 nitrogen and oxygen atoms in total. The normalized spacial score (nSPS) is 16.7. The zero-order valence-corrected chi connectivity index (χ0v) is 19.2. The summed E-state index contributed by atoms with van der Waals surface area (Å²) in [6, 6.07) is 2.93. The lowest BCUT2D eigenvalue weighted by atomic mass is 10.1. The highest BCUT2D eigenvalue weighted by Gasteiger charge is 2.29. The molecule has 1 aliphatic heterocycles. The van der Waals surface area contributed by atoms with Crippen LogP contribution in [0.25, 0.3) is 10.9 Å². The lowest BCUT2D eigenvalue weighted by Crippen LogP contribution is -2.47. The molecule has 2 aromatic heterocycles. The van der Waals surface area contributed by atoms with E-state index in [0.717, 1.165) is 18.9 Å². The molecule has 12 heteroatoms. The van der Waals surface area contributed by atoms with Gasteiger partial charge in [-0.3, -0.25) is 9.69 Å². The number of carboxylic acids is 1. The van der Waals surface area contributed by atoms with Crippen LogP contribution < -0.4 is 10.3 Å². The Morgan fingerprint density at radius 2 is 1.94 bits per heavy atom. The summed E-state index contributed by atoms with van der Waals surface area (Å²) in [6.07, 6.45) is 4.41. The van der Waals surface area contributed by atoms with E-state index < -0.39 is 22.1 Å². The van der Waals surface area contributed by atoms with Crippen LogP contribution in [0.3, 0.4) is 0 Å². The van der Waals surface area contributed by atoms with Gasteiger partial charge in [-0.25, -0.2) is 18.7 Å². The van der Waals surface area contributed by atoms with Gasteiger partial charge >= 0.3 is 11.8 Å². The summed E-state index contributed by atoms with van der Waals surface area (Å²) in [7, 11) is 0. The minimum atomic E-state index is -1.32. The van der Waals surface area contributed by atoms with Crippen molar-refractivity contribution in [1.82, 2.24) is 19.0 Å². The van der Waals surface area contributed by atoms with Crippen molar-refractivity contribution in [1.29, 1.82) is 0 Å². The molecule has 2 fully saturated rings. The summed E-state index contributed by atoms with van der Waals surface area (Å²) in [5.41, 5.74) is -0.0959. The number of imidazole rings is 1. The van der Waals surface area contributed by atoms with Crippen LogP contribution >= 0.6 is 0 Å². The Labute approximate surface area is 199 Å². The summed E-state index contributed by atoms with van der Waals surface area (Å²) < 4.78 is 18.5. The van der Waals surface area contributed by atoms with Gasteiger partial charge < -0.3 is 24.7 Å². The SMILES string of the molecule is Cc1ncc([N+](=O)[O-])n1CCN1CCN(c2cc3c(cc2F)c(=O)c(C(=O)O)cn3C2CC2)CC1. The molecule has 1 saturated heterocycles. The Morgan fingerprint density at radius 1 is 1.23 bits per heavy atom. The van der Waals surface area contributed by atoms with Gasteiger partial charge in [0.25, 0.3) is 0 Å². The molecule has 35 heavy (non-hydrogen) atoms. The molecule has 0 atom stereocenters. The summed E-state index contributed by atoms with van der Waals surface area (Å²) >= 11 is 0. The molecule has 2 aliphatic rings. The third kappa shape index (κ3) is 4.25. The number of halogens is 1. The number of fused-ring (bicyclic) bond motifs is 1. The molecule has 3 heterocycles. The Balaban J connectivity index is 1.34. The highest BCUT2D eigenvalue weighted by atomic mass is 19.1. The van der Waals surface area contributed by atoms with Crippen LogP contribution in [0, 0.1) is 22.9 Å². The predicted molar refractivity (Wildman–Crippen MR) is 126 cm³/mol. The number of hydrogen-bond acceptors (Lipinski definition) is 7. The fourth-order valence-electron chi connectivity index (χ4n) is 4.74. The molecule has 1 saturated carbocycles. The molecule has 0 bridgehead atoms. The standard InChI is InChI=1S/C23H25FN6O5/c1-14-25-12-21(30(34)35)28(14)9-6-26-4-7-27(8-5-26)20-11-19-16(10-18(20)24)22(31)17(23(32)33)13-29(19)15-2-3-15/h10-13,15H,2-9H2,1H3,(H,32,33). The van der Waals surface area contributed by atoms with Gasteiger partial charge in [0.15, 0.2) is 5.82 Å². The van der Waals surface area contributed by atoms with Crippen molar-refractivity contribution in [2.75, 3.05) is 37.6 Å². The van der Waals surface area contributed by atoms with Crippen LogP contribution in [0.5, 0.6) is 0 Å². The van der Waals surface area contributed by atoms with E-state index in [1.807, 2.05) is 4.90 Å². The van der Waals surface area contributed by atoms with E-state index >= 15 is 4.39 Å². The van der Waals surface area contributed by atoms with Gasteiger partial charge in [-0.1, -0.05) is 0 Å². The second-order valence-corrected chi connectivity index (χ2v) is 9.04. The molecular weight excluding hydrogens is 459 g/mol. The summed E-state index contributed by atoms with van der Waals surface area (Å²) in [6.45, 7) is 5.16. The Kier molecular flexibility index (Phi) is 5.75. The monoisotopic (exact) mass is 484 g/mol. The maximum absolute atomic E-state index is 15.1. The molecule has 0 unspecified atom stereocenters. The first kappa shape index (κ1) is 23.0. The first-order valence-corrected chi connectivity index (χ1v) is 11.5. The van der Waals surface area contributed by atoms with Crippen molar-refractivity contribution >= 4 is 28.4 Å². The molecule has 0 spiro atoms. The number of nitro groups is 1. The van der Waals surface area contributed by atoms with E-state index in [-0.39, 0.29) is 22.8 Å². The number of nitrogens with zero attached hydrogens (tertiary/aromatic N) is 6. The summed E-state index contributed by atoms with van der Waals surface area (Å²) in [5, 5.41) is 20.7. The maximum atomic E-state index is 15.1. The van der Waals surface area contributed by atoms with Gasteiger partial charge in [0, 0.05) is 57.3 Å². The Morgan fingerprint density at radius 3 is 2.57 bits per heavy atom. The molecular formula is C23H25FN6O5. The van der Waals surface area contributed by atoms with Gasteiger partial charge in [0.05, 0.1) is 11.2 Å². The number of benzene rings is 1. The third-order valence-corrected chi connectivity index (χ3v) is 6.85. The number of piperazine rings is 1. The number of carbonyl (C=O) groups is 1. The molecule has 5 rings (SSSR count). The smallest absolute Gasteiger partial charge is 0.342 e. The fourth-order valence-corrected chi connectivity index (χ4v) is 4.74. The summed E-state index contributed by atoms with van der Waals surface area (Å²) in [4.78, 5) is 43.1. The van der Waals surface area contributed by atoms with Gasteiger partial charge in [-0.15, -0.1) is 0 Å². The Hall–Kier alpha value is -3.80. The van der Waals surface area contributed by atoms with E-state index in [1.54, 1.807) is 22.1 Å². The molecule has 1 N–H and O–H groups in total. The zero-order valence-electron chi connectivity index (χ0n) is 19.2. The van der Waals surface area contributed by atoms with E-state index in [1.165, 1.54) is 12.4 Å². The second kappa shape index (κ2) is 8.77. The molecule has 1 aliphatic carbocycles. The van der Waals surface area contributed by atoms with Crippen molar-refractivity contribution in [2.24, 2.45) is 0 Å². The van der Waals surface area contributed by atoms with Crippen molar-refractivity contribution in [3.8, 4) is 0 Å². The van der Waals surface area contributed by atoms with E-state index in [0.29, 0.717) is 56.3 Å². The number of carboxylic acid groups (broad SMARTS) is 1. The van der Waals surface area contributed by atoms with Crippen LogP contribution in [0.2, 0.25) is 0 Å². The second-order valence-electron chi connectivity index (χ2n) is 9.04. The number of rotatable bonds is 7. The van der Waals surface area contributed by atoms with Crippen molar-refractivity contribution < 1.29 is 19.2 Å². The first-order chi connectivity index (χ1) is 16.7. The van der Waals surface area contributed by atoms with Gasteiger partial charge in [0.1, 0.15) is 24.1 Å². The maximum Gasteiger partial charge on any atom is 0.342 e. The first-order valence-electron chi connectivity index (χ1n) is 11.5. The topological polar surface area (TPSA) is 127 Å². The average molecular weight is 484 g/mol. The number of aryl methyl sites for hydroxylation is 1. The molecule has 3 aromatic rings. The minimum Gasteiger partial charge on any atom is -0.477 e. The number of aromatic carboxylic acids is 1. The molecule has 0 amide bonds. The quantitative estimate of drug-likeness (QED) is 0.400. The highest BCUT2D eigenvalue weighted by Crippen LogP contribution is 2.38. The lowest BCUT2D eigenvalue weighted by molar-refractivity contribution is -0.392. The van der Waals surface area contributed by atoms with Crippen LogP contribution in [-0.4, -0.2) is 67.7 Å². The molecule has 0 radical (unpaired) electrons. The van der Waals surface area contributed by atoms with Gasteiger partial charge in [-0.05, 0) is 29.9 Å². The van der Waals surface area contributed by atoms with Crippen LogP contribution in [-0.2, 0) is 6.54 Å². The molecule has 184 valence electrons. The van der Waals surface area contributed by atoms with Gasteiger partial charge in [0.2, 0.25) is 5.43 Å². The number of anilines is 1. The van der Waals surface area contributed by atoms with E-state index in [4.69, 9.17) is 0 Å². The van der Waals surface area contributed by atoms with Crippen molar-refractivity contribution in [2.45, 2.75) is 32.4 Å². The zero-order chi connectivity index (χ0) is 24.9. The predicted octanol–water partition coefficient (Wildman–Crippen LogP) is 2.41. The minimum absolute atomic E-state index is 0.0351.